The van der Waals surface area contributed by atoms with E-state index in [2.05, 4.69) is 5.32 Å². The van der Waals surface area contributed by atoms with Crippen molar-refractivity contribution in [2.75, 3.05) is 25.0 Å². The first-order valence-corrected chi connectivity index (χ1v) is 9.40. The molecular formula is C20H30N2O3. The van der Waals surface area contributed by atoms with Gasteiger partial charge in [0, 0.05) is 31.8 Å². The zero-order valence-electron chi connectivity index (χ0n) is 15.4. The molecule has 1 aromatic carbocycles. The summed E-state index contributed by atoms with van der Waals surface area (Å²) < 4.78 is 5.75. The van der Waals surface area contributed by atoms with E-state index in [1.165, 1.54) is 6.42 Å². The maximum Gasteiger partial charge on any atom is 0.227 e. The molecule has 1 N–H and O–H groups in total. The molecule has 25 heavy (non-hydrogen) atoms. The Hall–Kier alpha value is -1.88. The highest BCUT2D eigenvalue weighted by atomic mass is 16.5. The zero-order valence-corrected chi connectivity index (χ0v) is 15.4. The predicted octanol–water partition coefficient (Wildman–Crippen LogP) is 3.39. The van der Waals surface area contributed by atoms with Crippen molar-refractivity contribution >= 4 is 17.5 Å². The van der Waals surface area contributed by atoms with Gasteiger partial charge in [-0.3, -0.25) is 9.59 Å². The molecule has 0 spiro atoms. The summed E-state index contributed by atoms with van der Waals surface area (Å²) in [6.07, 6.45) is 5.25. The number of carbonyl (C=O) groups is 2. The smallest absolute Gasteiger partial charge is 0.227 e. The van der Waals surface area contributed by atoms with E-state index in [0.717, 1.165) is 37.1 Å². The topological polar surface area (TPSA) is 58.6 Å². The maximum atomic E-state index is 12.6. The van der Waals surface area contributed by atoms with Crippen molar-refractivity contribution in [3.05, 3.63) is 29.8 Å². The highest BCUT2D eigenvalue weighted by Gasteiger charge is 2.20. The monoisotopic (exact) mass is 346 g/mol. The number of amides is 2. The van der Waals surface area contributed by atoms with Gasteiger partial charge in [0.2, 0.25) is 11.8 Å². The molecule has 0 saturated carbocycles. The van der Waals surface area contributed by atoms with Crippen molar-refractivity contribution in [3.8, 4) is 0 Å². The van der Waals surface area contributed by atoms with Gasteiger partial charge in [-0.2, -0.15) is 0 Å². The summed E-state index contributed by atoms with van der Waals surface area (Å²) >= 11 is 0. The van der Waals surface area contributed by atoms with E-state index in [1.54, 1.807) is 0 Å². The Labute approximate surface area is 150 Å². The number of benzene rings is 1. The first-order chi connectivity index (χ1) is 12.1. The number of likely N-dealkylation sites (N-methyl/N-ethyl adjacent to an activating group) is 1. The molecule has 5 nitrogen and oxygen atoms in total. The minimum Gasteiger partial charge on any atom is -0.376 e. The lowest BCUT2D eigenvalue weighted by Gasteiger charge is -2.29. The number of nitrogens with zero attached hydrogens (tertiary/aromatic N) is 1. The maximum absolute atomic E-state index is 12.6. The molecule has 1 aromatic rings. The van der Waals surface area contributed by atoms with Gasteiger partial charge >= 0.3 is 0 Å². The summed E-state index contributed by atoms with van der Waals surface area (Å²) in [4.78, 5) is 26.1. The number of hydrogen-bond acceptors (Lipinski definition) is 3. The number of ether oxygens (including phenoxy) is 1. The lowest BCUT2D eigenvalue weighted by atomic mass is 10.1. The minimum absolute atomic E-state index is 0.0240. The summed E-state index contributed by atoms with van der Waals surface area (Å²) in [6, 6.07) is 7.53. The van der Waals surface area contributed by atoms with Gasteiger partial charge < -0.3 is 15.0 Å². The van der Waals surface area contributed by atoms with Crippen molar-refractivity contribution in [1.29, 1.82) is 0 Å². The Balaban J connectivity index is 1.86. The van der Waals surface area contributed by atoms with E-state index in [0.29, 0.717) is 25.9 Å². The summed E-state index contributed by atoms with van der Waals surface area (Å²) in [7, 11) is 0. The fourth-order valence-electron chi connectivity index (χ4n) is 3.05. The lowest BCUT2D eigenvalue weighted by Crippen LogP contribution is -2.40. The van der Waals surface area contributed by atoms with Crippen LogP contribution in [0.2, 0.25) is 0 Å². The first kappa shape index (κ1) is 19.4. The molecule has 0 aromatic heterocycles. The van der Waals surface area contributed by atoms with Crippen LogP contribution in [0, 0.1) is 0 Å². The van der Waals surface area contributed by atoms with Crippen LogP contribution < -0.4 is 5.32 Å². The SMILES string of the molecule is CCCC(=O)Nc1ccc(CC(=O)N(CC)CC2CCCCO2)cc1. The van der Waals surface area contributed by atoms with Gasteiger partial charge in [-0.25, -0.2) is 0 Å². The van der Waals surface area contributed by atoms with Crippen LogP contribution in [-0.4, -0.2) is 42.5 Å². The van der Waals surface area contributed by atoms with E-state index in [4.69, 9.17) is 4.74 Å². The standard InChI is InChI=1S/C20H30N2O3/c1-3-7-19(23)21-17-11-9-16(10-12-17)14-20(24)22(4-2)15-18-8-5-6-13-25-18/h9-12,18H,3-8,13-15H2,1-2H3,(H,21,23). The van der Waals surface area contributed by atoms with Crippen LogP contribution in [0.4, 0.5) is 5.69 Å². The first-order valence-electron chi connectivity index (χ1n) is 9.40. The number of carbonyl (C=O) groups excluding carboxylic acids is 2. The number of nitrogens with one attached hydrogen (secondary N) is 1. The summed E-state index contributed by atoms with van der Waals surface area (Å²) in [6.45, 7) is 6.17. The molecule has 0 aliphatic carbocycles. The lowest BCUT2D eigenvalue weighted by molar-refractivity contribution is -0.133. The molecule has 1 fully saturated rings. The second-order valence-electron chi connectivity index (χ2n) is 6.59. The normalized spacial score (nSPS) is 17.1. The largest absolute Gasteiger partial charge is 0.376 e. The number of rotatable bonds is 8. The summed E-state index contributed by atoms with van der Waals surface area (Å²) in [5.74, 6) is 0.149. The molecule has 1 atom stereocenters. The van der Waals surface area contributed by atoms with Crippen LogP contribution in [0.1, 0.15) is 51.5 Å². The van der Waals surface area contributed by atoms with E-state index in [1.807, 2.05) is 43.0 Å². The fourth-order valence-corrected chi connectivity index (χ4v) is 3.05. The van der Waals surface area contributed by atoms with Gasteiger partial charge in [0.1, 0.15) is 0 Å². The molecule has 1 aliphatic heterocycles. The third-order valence-corrected chi connectivity index (χ3v) is 4.50. The van der Waals surface area contributed by atoms with Crippen molar-refractivity contribution in [2.45, 2.75) is 58.5 Å². The molecular weight excluding hydrogens is 316 g/mol. The highest BCUT2D eigenvalue weighted by Crippen LogP contribution is 2.15. The average molecular weight is 346 g/mol. The van der Waals surface area contributed by atoms with Gasteiger partial charge in [0.15, 0.2) is 0 Å². The molecule has 2 rings (SSSR count). The molecule has 5 heteroatoms. The zero-order chi connectivity index (χ0) is 18.1. The Kier molecular flexibility index (Phi) is 7.92. The summed E-state index contributed by atoms with van der Waals surface area (Å²) in [5, 5.41) is 2.86. The van der Waals surface area contributed by atoms with Crippen molar-refractivity contribution < 1.29 is 14.3 Å². The fraction of sp³-hybridized carbons (Fsp3) is 0.600. The minimum atomic E-state index is 0.0240. The van der Waals surface area contributed by atoms with Crippen LogP contribution in [0.15, 0.2) is 24.3 Å². The van der Waals surface area contributed by atoms with Crippen LogP contribution in [-0.2, 0) is 20.7 Å². The molecule has 138 valence electrons. The summed E-state index contributed by atoms with van der Waals surface area (Å²) in [5.41, 5.74) is 1.74. The molecule has 1 aliphatic rings. The molecule has 2 amide bonds. The molecule has 1 unspecified atom stereocenters. The predicted molar refractivity (Wildman–Crippen MR) is 99.5 cm³/mol. The molecule has 1 saturated heterocycles. The molecule has 0 bridgehead atoms. The highest BCUT2D eigenvalue weighted by molar-refractivity contribution is 5.90. The van der Waals surface area contributed by atoms with Crippen LogP contribution in [0.25, 0.3) is 0 Å². The Bertz CT molecular complexity index is 551. The van der Waals surface area contributed by atoms with Crippen LogP contribution in [0.3, 0.4) is 0 Å². The molecule has 0 radical (unpaired) electrons. The van der Waals surface area contributed by atoms with Crippen molar-refractivity contribution in [2.24, 2.45) is 0 Å². The van der Waals surface area contributed by atoms with Gasteiger partial charge in [0.25, 0.3) is 0 Å². The average Bonchev–Trinajstić information content (AvgIpc) is 2.62. The van der Waals surface area contributed by atoms with Crippen molar-refractivity contribution in [1.82, 2.24) is 4.90 Å². The number of hydrogen-bond donors (Lipinski definition) is 1. The third-order valence-electron chi connectivity index (χ3n) is 4.50. The van der Waals surface area contributed by atoms with Crippen molar-refractivity contribution in [3.63, 3.8) is 0 Å². The second-order valence-corrected chi connectivity index (χ2v) is 6.59. The Morgan fingerprint density at radius 3 is 2.56 bits per heavy atom. The van der Waals surface area contributed by atoms with E-state index < -0.39 is 0 Å². The molecule has 1 heterocycles. The van der Waals surface area contributed by atoms with Gasteiger partial charge in [0.05, 0.1) is 12.5 Å². The van der Waals surface area contributed by atoms with E-state index in [-0.39, 0.29) is 17.9 Å². The Morgan fingerprint density at radius 2 is 1.96 bits per heavy atom. The quantitative estimate of drug-likeness (QED) is 0.785. The van der Waals surface area contributed by atoms with Gasteiger partial charge in [-0.15, -0.1) is 0 Å². The van der Waals surface area contributed by atoms with Gasteiger partial charge in [-0.1, -0.05) is 19.1 Å². The van der Waals surface area contributed by atoms with Gasteiger partial charge in [-0.05, 0) is 50.3 Å². The number of anilines is 1. The second kappa shape index (κ2) is 10.2. The third kappa shape index (κ3) is 6.50. The Morgan fingerprint density at radius 1 is 1.20 bits per heavy atom. The van der Waals surface area contributed by atoms with E-state index >= 15 is 0 Å². The van der Waals surface area contributed by atoms with Crippen LogP contribution in [0.5, 0.6) is 0 Å². The van der Waals surface area contributed by atoms with Crippen LogP contribution >= 0.6 is 0 Å². The van der Waals surface area contributed by atoms with E-state index in [9.17, 15) is 9.59 Å².